The SMILES string of the molecule is Nc1cc(C(=O)[O-])ncn1.[K+]. The van der Waals surface area contributed by atoms with Crippen LogP contribution in [0.3, 0.4) is 0 Å². The number of carbonyl (C=O) groups is 1. The average molecular weight is 177 g/mol. The van der Waals surface area contributed by atoms with Crippen molar-refractivity contribution in [1.29, 1.82) is 0 Å². The molecule has 0 spiro atoms. The Balaban J connectivity index is 0.000001000. The third-order valence-corrected chi connectivity index (χ3v) is 0.897. The molecule has 1 aromatic heterocycles. The number of aromatic carboxylic acids is 1. The number of carbonyl (C=O) groups excluding carboxylic acids is 1. The number of rotatable bonds is 1. The molecule has 1 heterocycles. The Morgan fingerprint density at radius 2 is 2.18 bits per heavy atom. The van der Waals surface area contributed by atoms with Gasteiger partial charge < -0.3 is 15.6 Å². The van der Waals surface area contributed by atoms with Gasteiger partial charge in [-0.1, -0.05) is 0 Å². The fraction of sp³-hybridized carbons (Fsp3) is 0. The normalized spacial score (nSPS) is 8.36. The number of carboxylic acid groups (broad SMARTS) is 1. The van der Waals surface area contributed by atoms with E-state index in [0.717, 1.165) is 12.4 Å². The summed E-state index contributed by atoms with van der Waals surface area (Å²) in [6.45, 7) is 0. The molecule has 1 rings (SSSR count). The summed E-state index contributed by atoms with van der Waals surface area (Å²) in [6, 6.07) is 1.13. The van der Waals surface area contributed by atoms with Gasteiger partial charge in [-0.15, -0.1) is 0 Å². The van der Waals surface area contributed by atoms with Crippen molar-refractivity contribution >= 4 is 11.8 Å². The molecular formula is C5H4KN3O2. The fourth-order valence-corrected chi connectivity index (χ4v) is 0.484. The topological polar surface area (TPSA) is 91.9 Å². The number of nitrogen functional groups attached to an aromatic ring is 1. The van der Waals surface area contributed by atoms with Gasteiger partial charge >= 0.3 is 51.4 Å². The zero-order chi connectivity index (χ0) is 7.56. The van der Waals surface area contributed by atoms with E-state index in [1.54, 1.807) is 0 Å². The van der Waals surface area contributed by atoms with E-state index in [-0.39, 0.29) is 62.9 Å². The molecule has 0 atom stereocenters. The van der Waals surface area contributed by atoms with Crippen molar-refractivity contribution < 1.29 is 61.3 Å². The summed E-state index contributed by atoms with van der Waals surface area (Å²) in [6.07, 6.45) is 1.07. The van der Waals surface area contributed by atoms with Gasteiger partial charge in [0.25, 0.3) is 0 Å². The molecule has 0 bridgehead atoms. The number of nitrogens with zero attached hydrogens (tertiary/aromatic N) is 2. The molecule has 6 heteroatoms. The monoisotopic (exact) mass is 177 g/mol. The maximum absolute atomic E-state index is 10.1. The number of carboxylic acids is 1. The molecule has 0 saturated heterocycles. The van der Waals surface area contributed by atoms with Crippen LogP contribution in [0.15, 0.2) is 12.4 Å². The van der Waals surface area contributed by atoms with Gasteiger partial charge in [-0.25, -0.2) is 9.97 Å². The molecule has 52 valence electrons. The number of aromatic nitrogens is 2. The van der Waals surface area contributed by atoms with Gasteiger partial charge in [-0.05, 0) is 0 Å². The summed E-state index contributed by atoms with van der Waals surface area (Å²) < 4.78 is 0. The quantitative estimate of drug-likeness (QED) is 0.436. The number of anilines is 1. The first-order valence-electron chi connectivity index (χ1n) is 2.49. The second kappa shape index (κ2) is 4.78. The maximum Gasteiger partial charge on any atom is 1.00 e. The molecule has 0 aliphatic heterocycles. The summed E-state index contributed by atoms with van der Waals surface area (Å²) in [7, 11) is 0. The smallest absolute Gasteiger partial charge is 0.543 e. The second-order valence-corrected chi connectivity index (χ2v) is 1.62. The Hall–Kier alpha value is -0.0136. The first-order chi connectivity index (χ1) is 4.70. The van der Waals surface area contributed by atoms with Crippen LogP contribution >= 0.6 is 0 Å². The van der Waals surface area contributed by atoms with Gasteiger partial charge in [0.15, 0.2) is 0 Å². The number of nitrogens with two attached hydrogens (primary N) is 1. The zero-order valence-corrected chi connectivity index (χ0v) is 9.07. The minimum Gasteiger partial charge on any atom is -0.543 e. The van der Waals surface area contributed by atoms with E-state index >= 15 is 0 Å². The molecule has 0 unspecified atom stereocenters. The Bertz CT molecular complexity index is 266. The second-order valence-electron chi connectivity index (χ2n) is 1.62. The average Bonchev–Trinajstić information content (AvgIpc) is 1.88. The predicted molar refractivity (Wildman–Crippen MR) is 30.8 cm³/mol. The first-order valence-corrected chi connectivity index (χ1v) is 2.49. The molecular weight excluding hydrogens is 173 g/mol. The van der Waals surface area contributed by atoms with Crippen LogP contribution in [-0.2, 0) is 0 Å². The fourth-order valence-electron chi connectivity index (χ4n) is 0.484. The zero-order valence-electron chi connectivity index (χ0n) is 5.94. The van der Waals surface area contributed by atoms with Gasteiger partial charge in [0.2, 0.25) is 0 Å². The van der Waals surface area contributed by atoms with E-state index < -0.39 is 5.97 Å². The van der Waals surface area contributed by atoms with E-state index in [1.165, 1.54) is 0 Å². The molecule has 5 nitrogen and oxygen atoms in total. The minimum absolute atomic E-state index is 0. The van der Waals surface area contributed by atoms with Gasteiger partial charge in [0, 0.05) is 6.07 Å². The molecule has 0 fully saturated rings. The minimum atomic E-state index is -1.35. The largest absolute Gasteiger partial charge is 1.00 e. The van der Waals surface area contributed by atoms with Crippen molar-refractivity contribution in [3.8, 4) is 0 Å². The van der Waals surface area contributed by atoms with Crippen molar-refractivity contribution in [3.05, 3.63) is 18.1 Å². The van der Waals surface area contributed by atoms with Crippen molar-refractivity contribution in [2.75, 3.05) is 5.73 Å². The molecule has 1 aromatic rings. The van der Waals surface area contributed by atoms with Crippen LogP contribution in [0.5, 0.6) is 0 Å². The van der Waals surface area contributed by atoms with Crippen molar-refractivity contribution in [1.82, 2.24) is 9.97 Å². The van der Waals surface area contributed by atoms with Gasteiger partial charge in [0.05, 0.1) is 11.7 Å². The van der Waals surface area contributed by atoms with Crippen molar-refractivity contribution in [3.63, 3.8) is 0 Å². The third kappa shape index (κ3) is 3.26. The molecule has 2 N–H and O–H groups in total. The summed E-state index contributed by atoms with van der Waals surface area (Å²) in [5.41, 5.74) is 4.95. The van der Waals surface area contributed by atoms with E-state index in [2.05, 4.69) is 9.97 Å². The van der Waals surface area contributed by atoms with E-state index in [4.69, 9.17) is 5.73 Å². The summed E-state index contributed by atoms with van der Waals surface area (Å²) >= 11 is 0. The van der Waals surface area contributed by atoms with E-state index in [1.807, 2.05) is 0 Å². The Kier molecular flexibility index (Phi) is 4.78. The van der Waals surface area contributed by atoms with Crippen LogP contribution in [-0.4, -0.2) is 15.9 Å². The predicted octanol–water partition coefficient (Wildman–Crippen LogP) is -4.57. The molecule has 0 amide bonds. The van der Waals surface area contributed by atoms with Crippen LogP contribution in [0.4, 0.5) is 5.82 Å². The third-order valence-electron chi connectivity index (χ3n) is 0.897. The van der Waals surface area contributed by atoms with Crippen LogP contribution in [0.1, 0.15) is 10.5 Å². The van der Waals surface area contributed by atoms with Gasteiger partial charge in [0.1, 0.15) is 12.1 Å². The van der Waals surface area contributed by atoms with Gasteiger partial charge in [-0.2, -0.15) is 0 Å². The van der Waals surface area contributed by atoms with E-state index in [0.29, 0.717) is 0 Å². The molecule has 0 saturated carbocycles. The first kappa shape index (κ1) is 11.0. The molecule has 0 aliphatic carbocycles. The molecule has 11 heavy (non-hydrogen) atoms. The van der Waals surface area contributed by atoms with Crippen molar-refractivity contribution in [2.45, 2.75) is 0 Å². The molecule has 0 radical (unpaired) electrons. The standard InChI is InChI=1S/C5H5N3O2.K/c6-4-1-3(5(9)10)7-2-8-4;/h1-2H,(H,9,10)(H2,6,7,8);/q;+1/p-1. The van der Waals surface area contributed by atoms with Crippen LogP contribution in [0, 0.1) is 0 Å². The van der Waals surface area contributed by atoms with Crippen LogP contribution in [0.2, 0.25) is 0 Å². The number of hydrogen-bond donors (Lipinski definition) is 1. The van der Waals surface area contributed by atoms with E-state index in [9.17, 15) is 9.90 Å². The Labute approximate surface area is 105 Å². The number of hydrogen-bond acceptors (Lipinski definition) is 5. The van der Waals surface area contributed by atoms with Crippen molar-refractivity contribution in [2.24, 2.45) is 0 Å². The summed E-state index contributed by atoms with van der Waals surface area (Å²) in [4.78, 5) is 17.0. The summed E-state index contributed by atoms with van der Waals surface area (Å²) in [5, 5.41) is 10.1. The Morgan fingerprint density at radius 1 is 1.55 bits per heavy atom. The van der Waals surface area contributed by atoms with Crippen LogP contribution in [0.25, 0.3) is 0 Å². The molecule has 0 aromatic carbocycles. The summed E-state index contributed by atoms with van der Waals surface area (Å²) in [5.74, 6) is -1.23. The van der Waals surface area contributed by atoms with Gasteiger partial charge in [-0.3, -0.25) is 0 Å². The molecule has 0 aliphatic rings. The van der Waals surface area contributed by atoms with Crippen LogP contribution < -0.4 is 62.2 Å². The Morgan fingerprint density at radius 3 is 2.55 bits per heavy atom. The maximum atomic E-state index is 10.1.